The van der Waals surface area contributed by atoms with Crippen LogP contribution in [0.3, 0.4) is 0 Å². The fraction of sp³-hybridized carbons (Fsp3) is 0.364. The summed E-state index contributed by atoms with van der Waals surface area (Å²) in [6.45, 7) is 6.18. The minimum Gasteiger partial charge on any atom is -0.496 e. The van der Waals surface area contributed by atoms with Gasteiger partial charge in [0.15, 0.2) is 0 Å². The lowest BCUT2D eigenvalue weighted by Gasteiger charge is -2.34. The molecule has 5 nitrogen and oxygen atoms in total. The highest BCUT2D eigenvalue weighted by Gasteiger charge is 2.23. The van der Waals surface area contributed by atoms with Gasteiger partial charge in [-0.15, -0.1) is 11.3 Å². The van der Waals surface area contributed by atoms with E-state index in [1.165, 1.54) is 4.70 Å². The van der Waals surface area contributed by atoms with E-state index >= 15 is 0 Å². The van der Waals surface area contributed by atoms with E-state index < -0.39 is 0 Å². The fourth-order valence-corrected chi connectivity index (χ4v) is 4.66. The molecule has 1 saturated heterocycles. The van der Waals surface area contributed by atoms with E-state index in [4.69, 9.17) is 9.72 Å². The van der Waals surface area contributed by atoms with E-state index in [0.29, 0.717) is 6.42 Å². The lowest BCUT2D eigenvalue weighted by Crippen LogP contribution is -2.48. The molecule has 1 aliphatic rings. The van der Waals surface area contributed by atoms with Crippen LogP contribution >= 0.6 is 11.3 Å². The normalized spacial score (nSPS) is 15.1. The van der Waals surface area contributed by atoms with Gasteiger partial charge in [-0.2, -0.15) is 0 Å². The van der Waals surface area contributed by atoms with Crippen LogP contribution in [0.25, 0.3) is 10.2 Å². The van der Waals surface area contributed by atoms with Crippen LogP contribution in [0.15, 0.2) is 42.5 Å². The van der Waals surface area contributed by atoms with Crippen LogP contribution in [-0.4, -0.2) is 54.0 Å². The average Bonchev–Trinajstić information content (AvgIpc) is 3.11. The second kappa shape index (κ2) is 8.29. The third kappa shape index (κ3) is 4.18. The van der Waals surface area contributed by atoms with Crippen LogP contribution < -0.4 is 4.74 Å². The molecule has 3 aromatic rings. The molecule has 0 N–H and O–H groups in total. The Bertz CT molecular complexity index is 944. The lowest BCUT2D eigenvalue weighted by atomic mass is 10.1. The summed E-state index contributed by atoms with van der Waals surface area (Å²) in [6.07, 6.45) is 0.392. The first-order valence-electron chi connectivity index (χ1n) is 9.60. The Labute approximate surface area is 169 Å². The molecule has 1 fully saturated rings. The van der Waals surface area contributed by atoms with Gasteiger partial charge in [-0.25, -0.2) is 4.98 Å². The second-order valence-corrected chi connectivity index (χ2v) is 8.34. The van der Waals surface area contributed by atoms with Crippen molar-refractivity contribution in [1.29, 1.82) is 0 Å². The van der Waals surface area contributed by atoms with E-state index in [-0.39, 0.29) is 5.91 Å². The zero-order chi connectivity index (χ0) is 19.5. The molecule has 146 valence electrons. The Morgan fingerprint density at radius 1 is 1.14 bits per heavy atom. The monoisotopic (exact) mass is 395 g/mol. The van der Waals surface area contributed by atoms with Gasteiger partial charge >= 0.3 is 0 Å². The van der Waals surface area contributed by atoms with E-state index in [9.17, 15) is 4.79 Å². The molecule has 2 aromatic carbocycles. The van der Waals surface area contributed by atoms with Crippen molar-refractivity contribution in [2.45, 2.75) is 19.9 Å². The summed E-state index contributed by atoms with van der Waals surface area (Å²) in [5.41, 5.74) is 3.18. The molecule has 0 radical (unpaired) electrons. The quantitative estimate of drug-likeness (QED) is 0.663. The molecule has 1 aromatic heterocycles. The molecule has 0 bridgehead atoms. The summed E-state index contributed by atoms with van der Waals surface area (Å²) in [7, 11) is 1.65. The molecule has 1 aliphatic heterocycles. The maximum Gasteiger partial charge on any atom is 0.227 e. The zero-order valence-corrected chi connectivity index (χ0v) is 17.2. The maximum atomic E-state index is 12.8. The number of carbonyl (C=O) groups is 1. The van der Waals surface area contributed by atoms with E-state index in [1.54, 1.807) is 18.4 Å². The number of thiazole rings is 1. The number of para-hydroxylation sites is 1. The van der Waals surface area contributed by atoms with E-state index in [1.807, 2.05) is 36.1 Å². The zero-order valence-electron chi connectivity index (χ0n) is 16.4. The number of amides is 1. The Hall–Kier alpha value is -2.44. The molecular weight excluding hydrogens is 370 g/mol. The Morgan fingerprint density at radius 3 is 2.68 bits per heavy atom. The topological polar surface area (TPSA) is 45.7 Å². The number of benzene rings is 2. The van der Waals surface area contributed by atoms with Gasteiger partial charge in [0.2, 0.25) is 5.91 Å². The van der Waals surface area contributed by atoms with Gasteiger partial charge < -0.3 is 9.64 Å². The highest BCUT2D eigenvalue weighted by molar-refractivity contribution is 7.18. The SMILES string of the molecule is COc1ccc(C)cc1CC(=O)N1CCN(Cc2nc3ccccc3s2)CC1. The summed E-state index contributed by atoms with van der Waals surface area (Å²) < 4.78 is 6.65. The van der Waals surface area contributed by atoms with Crippen molar-refractivity contribution in [2.24, 2.45) is 0 Å². The molecule has 28 heavy (non-hydrogen) atoms. The molecule has 1 amide bonds. The van der Waals surface area contributed by atoms with Crippen LogP contribution in [0, 0.1) is 6.92 Å². The third-order valence-electron chi connectivity index (χ3n) is 5.20. The first-order valence-corrected chi connectivity index (χ1v) is 10.4. The van der Waals surface area contributed by atoms with Crippen molar-refractivity contribution in [3.8, 4) is 5.75 Å². The Morgan fingerprint density at radius 2 is 1.93 bits per heavy atom. The summed E-state index contributed by atoms with van der Waals surface area (Å²) in [5.74, 6) is 0.956. The van der Waals surface area contributed by atoms with Gasteiger partial charge in [0.25, 0.3) is 0 Å². The van der Waals surface area contributed by atoms with Crippen molar-refractivity contribution >= 4 is 27.5 Å². The number of carbonyl (C=O) groups excluding carboxylic acids is 1. The van der Waals surface area contributed by atoms with Crippen molar-refractivity contribution in [1.82, 2.24) is 14.8 Å². The number of nitrogens with zero attached hydrogens (tertiary/aromatic N) is 3. The summed E-state index contributed by atoms with van der Waals surface area (Å²) in [4.78, 5) is 21.9. The first-order chi connectivity index (χ1) is 13.6. The minimum atomic E-state index is 0.170. The predicted octanol–water partition coefficient (Wildman–Crippen LogP) is 3.50. The van der Waals surface area contributed by atoms with Gasteiger partial charge in [-0.3, -0.25) is 9.69 Å². The Balaban J connectivity index is 1.33. The first kappa shape index (κ1) is 18.9. The summed E-state index contributed by atoms with van der Waals surface area (Å²) in [6, 6.07) is 14.2. The number of fused-ring (bicyclic) bond motifs is 1. The smallest absolute Gasteiger partial charge is 0.227 e. The molecule has 0 atom stereocenters. The highest BCUT2D eigenvalue weighted by atomic mass is 32.1. The van der Waals surface area contributed by atoms with Crippen LogP contribution in [0.2, 0.25) is 0 Å². The van der Waals surface area contributed by atoms with Crippen molar-refractivity contribution in [2.75, 3.05) is 33.3 Å². The molecule has 0 aliphatic carbocycles. The lowest BCUT2D eigenvalue weighted by molar-refractivity contribution is -0.132. The summed E-state index contributed by atoms with van der Waals surface area (Å²) >= 11 is 1.76. The van der Waals surface area contributed by atoms with Gasteiger partial charge in [0, 0.05) is 31.7 Å². The van der Waals surface area contributed by atoms with Crippen molar-refractivity contribution in [3.63, 3.8) is 0 Å². The number of methoxy groups -OCH3 is 1. The number of aryl methyl sites for hydroxylation is 1. The fourth-order valence-electron chi connectivity index (χ4n) is 3.65. The maximum absolute atomic E-state index is 12.8. The van der Waals surface area contributed by atoms with Gasteiger partial charge in [-0.05, 0) is 25.1 Å². The standard InChI is InChI=1S/C22H25N3O2S/c1-16-7-8-19(27-2)17(13-16)14-22(26)25-11-9-24(10-12-25)15-21-23-18-5-3-4-6-20(18)28-21/h3-8,13H,9-12,14-15H2,1-2H3. The molecular formula is C22H25N3O2S. The highest BCUT2D eigenvalue weighted by Crippen LogP contribution is 2.24. The average molecular weight is 396 g/mol. The van der Waals surface area contributed by atoms with Crippen molar-refractivity contribution < 1.29 is 9.53 Å². The number of hydrogen-bond donors (Lipinski definition) is 0. The van der Waals surface area contributed by atoms with Crippen LogP contribution in [-0.2, 0) is 17.8 Å². The summed E-state index contributed by atoms with van der Waals surface area (Å²) in [5, 5.41) is 1.14. The minimum absolute atomic E-state index is 0.170. The van der Waals surface area contributed by atoms with E-state index in [0.717, 1.165) is 60.1 Å². The van der Waals surface area contributed by atoms with Crippen LogP contribution in [0.5, 0.6) is 5.75 Å². The number of ether oxygens (including phenoxy) is 1. The number of piperazine rings is 1. The van der Waals surface area contributed by atoms with E-state index in [2.05, 4.69) is 23.1 Å². The molecule has 2 heterocycles. The largest absolute Gasteiger partial charge is 0.496 e. The van der Waals surface area contributed by atoms with Gasteiger partial charge in [-0.1, -0.05) is 29.8 Å². The molecule has 4 rings (SSSR count). The molecule has 0 unspecified atom stereocenters. The molecule has 0 saturated carbocycles. The van der Waals surface area contributed by atoms with Gasteiger partial charge in [0.1, 0.15) is 10.8 Å². The second-order valence-electron chi connectivity index (χ2n) is 7.22. The number of aromatic nitrogens is 1. The van der Waals surface area contributed by atoms with Crippen molar-refractivity contribution in [3.05, 3.63) is 58.6 Å². The molecule has 0 spiro atoms. The molecule has 6 heteroatoms. The third-order valence-corrected chi connectivity index (χ3v) is 6.22. The van der Waals surface area contributed by atoms with Crippen LogP contribution in [0.4, 0.5) is 0 Å². The predicted molar refractivity (Wildman–Crippen MR) is 113 cm³/mol. The Kier molecular flexibility index (Phi) is 5.59. The number of rotatable bonds is 5. The van der Waals surface area contributed by atoms with Gasteiger partial charge in [0.05, 0.1) is 30.3 Å². The number of hydrogen-bond acceptors (Lipinski definition) is 5. The van der Waals surface area contributed by atoms with Crippen LogP contribution in [0.1, 0.15) is 16.1 Å².